The van der Waals surface area contributed by atoms with Crippen molar-refractivity contribution in [1.82, 2.24) is 4.31 Å². The Labute approximate surface area is 130 Å². The van der Waals surface area contributed by atoms with Crippen LogP contribution >= 0.6 is 11.6 Å². The molecule has 0 spiro atoms. The minimum Gasteiger partial charge on any atom is -0.327 e. The summed E-state index contributed by atoms with van der Waals surface area (Å²) in [5.74, 6) is 0. The number of hydrogen-bond donors (Lipinski definition) is 1. The second kappa shape index (κ2) is 5.58. The smallest absolute Gasteiger partial charge is 0.244 e. The van der Waals surface area contributed by atoms with Crippen LogP contribution in [0.15, 0.2) is 23.1 Å². The van der Waals surface area contributed by atoms with E-state index >= 15 is 0 Å². The van der Waals surface area contributed by atoms with E-state index in [0.717, 1.165) is 0 Å². The van der Waals surface area contributed by atoms with Gasteiger partial charge in [-0.15, -0.1) is 0 Å². The Morgan fingerprint density at radius 3 is 2.71 bits per heavy atom. The van der Waals surface area contributed by atoms with Crippen molar-refractivity contribution in [3.8, 4) is 6.07 Å². The second-order valence-electron chi connectivity index (χ2n) is 5.95. The van der Waals surface area contributed by atoms with Crippen LogP contribution in [0.25, 0.3) is 0 Å². The maximum absolute atomic E-state index is 12.8. The Morgan fingerprint density at radius 1 is 1.48 bits per heavy atom. The van der Waals surface area contributed by atoms with E-state index in [1.165, 1.54) is 22.5 Å². The average Bonchev–Trinajstić information content (AvgIpc) is 2.41. The number of hydrogen-bond acceptors (Lipinski definition) is 4. The zero-order chi connectivity index (χ0) is 15.8. The summed E-state index contributed by atoms with van der Waals surface area (Å²) in [6, 6.07) is 6.30. The summed E-state index contributed by atoms with van der Waals surface area (Å²) in [4.78, 5) is -0.0382. The van der Waals surface area contributed by atoms with Crippen molar-refractivity contribution >= 4 is 21.6 Å². The molecule has 1 atom stereocenters. The van der Waals surface area contributed by atoms with Gasteiger partial charge in [-0.25, -0.2) is 8.42 Å². The Balaban J connectivity index is 2.45. The van der Waals surface area contributed by atoms with Gasteiger partial charge in [-0.2, -0.15) is 9.57 Å². The molecule has 0 aromatic heterocycles. The van der Waals surface area contributed by atoms with E-state index in [1.807, 2.05) is 19.9 Å². The highest BCUT2D eigenvalue weighted by Gasteiger charge is 2.39. The van der Waals surface area contributed by atoms with Crippen LogP contribution in [0.2, 0.25) is 5.02 Å². The molecule has 5 nitrogen and oxygen atoms in total. The number of nitriles is 1. The molecule has 1 heterocycles. The number of halogens is 1. The highest BCUT2D eigenvalue weighted by molar-refractivity contribution is 7.89. The number of piperidine rings is 1. The molecule has 1 aromatic rings. The standard InChI is InChI=1S/C14H18ClN3O2S/c1-14(2)9-18(7-6-13(14)17)21(19,20)12-5-3-4-11(15)10(12)8-16/h3-5,13H,6-7,9,17H2,1-2H3. The molecule has 0 amide bonds. The van der Waals surface area contributed by atoms with Crippen LogP contribution in [0.3, 0.4) is 0 Å². The number of benzene rings is 1. The second-order valence-corrected chi connectivity index (χ2v) is 8.26. The fourth-order valence-corrected chi connectivity index (χ4v) is 4.56. The topological polar surface area (TPSA) is 87.2 Å². The first-order valence-corrected chi connectivity index (χ1v) is 8.46. The molecule has 2 rings (SSSR count). The van der Waals surface area contributed by atoms with Gasteiger partial charge < -0.3 is 5.73 Å². The summed E-state index contributed by atoms with van der Waals surface area (Å²) in [5.41, 5.74) is 5.73. The maximum atomic E-state index is 12.8. The predicted molar refractivity (Wildman–Crippen MR) is 81.3 cm³/mol. The molecule has 1 aliphatic rings. The average molecular weight is 328 g/mol. The lowest BCUT2D eigenvalue weighted by molar-refractivity contribution is 0.155. The van der Waals surface area contributed by atoms with Crippen LogP contribution in [0.4, 0.5) is 0 Å². The van der Waals surface area contributed by atoms with Gasteiger partial charge in [0.2, 0.25) is 10.0 Å². The van der Waals surface area contributed by atoms with Crippen molar-refractivity contribution < 1.29 is 8.42 Å². The van der Waals surface area contributed by atoms with Crippen LogP contribution in [0.5, 0.6) is 0 Å². The lowest BCUT2D eigenvalue weighted by atomic mass is 9.81. The van der Waals surface area contributed by atoms with Gasteiger partial charge in [0, 0.05) is 19.1 Å². The molecule has 0 saturated carbocycles. The van der Waals surface area contributed by atoms with Crippen LogP contribution < -0.4 is 5.73 Å². The Morgan fingerprint density at radius 2 is 2.14 bits per heavy atom. The van der Waals surface area contributed by atoms with Crippen molar-refractivity contribution in [1.29, 1.82) is 5.26 Å². The molecule has 1 saturated heterocycles. The molecule has 1 aliphatic heterocycles. The normalized spacial score (nSPS) is 22.7. The summed E-state index contributed by atoms with van der Waals surface area (Å²) in [7, 11) is -3.75. The van der Waals surface area contributed by atoms with Gasteiger partial charge in [-0.1, -0.05) is 31.5 Å². The van der Waals surface area contributed by atoms with E-state index < -0.39 is 10.0 Å². The molecule has 0 bridgehead atoms. The monoisotopic (exact) mass is 327 g/mol. The van der Waals surface area contributed by atoms with Gasteiger partial charge in [-0.05, 0) is 24.0 Å². The third-order valence-corrected chi connectivity index (χ3v) is 6.18. The predicted octanol–water partition coefficient (Wildman–Crippen LogP) is 1.96. The van der Waals surface area contributed by atoms with Crippen LogP contribution in [0, 0.1) is 16.7 Å². The van der Waals surface area contributed by atoms with Crippen molar-refractivity contribution in [2.45, 2.75) is 31.2 Å². The van der Waals surface area contributed by atoms with Gasteiger partial charge >= 0.3 is 0 Å². The molecule has 0 aliphatic carbocycles. The minimum absolute atomic E-state index is 0.00755. The number of nitrogens with zero attached hydrogens (tertiary/aromatic N) is 2. The summed E-state index contributed by atoms with van der Waals surface area (Å²) >= 11 is 5.93. The van der Waals surface area contributed by atoms with Crippen LogP contribution in [-0.2, 0) is 10.0 Å². The quantitative estimate of drug-likeness (QED) is 0.899. The summed E-state index contributed by atoms with van der Waals surface area (Å²) in [6.45, 7) is 4.57. The van der Waals surface area contributed by atoms with E-state index in [0.29, 0.717) is 19.5 Å². The van der Waals surface area contributed by atoms with Crippen molar-refractivity contribution in [3.63, 3.8) is 0 Å². The van der Waals surface area contributed by atoms with Crippen molar-refractivity contribution in [2.75, 3.05) is 13.1 Å². The molecule has 0 radical (unpaired) electrons. The summed E-state index contributed by atoms with van der Waals surface area (Å²) in [6.07, 6.45) is 0.592. The highest BCUT2D eigenvalue weighted by Crippen LogP contribution is 2.33. The highest BCUT2D eigenvalue weighted by atomic mass is 35.5. The van der Waals surface area contributed by atoms with E-state index in [1.54, 1.807) is 0 Å². The largest absolute Gasteiger partial charge is 0.327 e. The molecular formula is C14H18ClN3O2S. The van der Waals surface area contributed by atoms with Gasteiger partial charge in [0.1, 0.15) is 11.0 Å². The van der Waals surface area contributed by atoms with Crippen molar-refractivity contribution in [3.05, 3.63) is 28.8 Å². The Bertz CT molecular complexity index is 695. The maximum Gasteiger partial charge on any atom is 0.244 e. The molecular weight excluding hydrogens is 310 g/mol. The van der Waals surface area contributed by atoms with Gasteiger partial charge in [0.15, 0.2) is 0 Å². The summed E-state index contributed by atoms with van der Waals surface area (Å²) < 4.78 is 27.0. The Kier molecular flexibility index (Phi) is 4.31. The first-order chi connectivity index (χ1) is 9.70. The molecule has 1 aromatic carbocycles. The lowest BCUT2D eigenvalue weighted by Gasteiger charge is -2.41. The zero-order valence-corrected chi connectivity index (χ0v) is 13.6. The molecule has 1 unspecified atom stereocenters. The first-order valence-electron chi connectivity index (χ1n) is 6.64. The lowest BCUT2D eigenvalue weighted by Crippen LogP contribution is -2.53. The fourth-order valence-electron chi connectivity index (χ4n) is 2.50. The SMILES string of the molecule is CC1(C)CN(S(=O)(=O)c2cccc(Cl)c2C#N)CCC1N. The third-order valence-electron chi connectivity index (χ3n) is 3.98. The van der Waals surface area contributed by atoms with Crippen LogP contribution in [0.1, 0.15) is 25.8 Å². The number of rotatable bonds is 2. The molecule has 21 heavy (non-hydrogen) atoms. The van der Waals surface area contributed by atoms with Gasteiger partial charge in [-0.3, -0.25) is 0 Å². The van der Waals surface area contributed by atoms with Crippen LogP contribution in [-0.4, -0.2) is 31.9 Å². The number of nitrogens with two attached hydrogens (primary N) is 1. The third kappa shape index (κ3) is 2.92. The molecule has 2 N–H and O–H groups in total. The Hall–Kier alpha value is -1.13. The van der Waals surface area contributed by atoms with Crippen molar-refractivity contribution in [2.24, 2.45) is 11.1 Å². The van der Waals surface area contributed by atoms with E-state index in [-0.39, 0.29) is 26.9 Å². The number of sulfonamides is 1. The fraction of sp³-hybridized carbons (Fsp3) is 0.500. The van der Waals surface area contributed by atoms with E-state index in [4.69, 9.17) is 22.6 Å². The minimum atomic E-state index is -3.75. The molecule has 114 valence electrons. The zero-order valence-electron chi connectivity index (χ0n) is 12.0. The van der Waals surface area contributed by atoms with Gasteiger partial charge in [0.25, 0.3) is 0 Å². The van der Waals surface area contributed by atoms with E-state index in [9.17, 15) is 8.42 Å². The van der Waals surface area contributed by atoms with Gasteiger partial charge in [0.05, 0.1) is 10.6 Å². The molecule has 1 fully saturated rings. The summed E-state index contributed by atoms with van der Waals surface area (Å²) in [5, 5.41) is 9.31. The first kappa shape index (κ1) is 16.2. The van der Waals surface area contributed by atoms with E-state index in [2.05, 4.69) is 0 Å². The molecule has 7 heteroatoms.